The summed E-state index contributed by atoms with van der Waals surface area (Å²) in [6.45, 7) is 0. The zero-order valence-electron chi connectivity index (χ0n) is 14.3. The van der Waals surface area contributed by atoms with Crippen molar-refractivity contribution in [1.82, 2.24) is 9.66 Å². The van der Waals surface area contributed by atoms with Crippen molar-refractivity contribution >= 4 is 29.1 Å². The molecule has 0 saturated carbocycles. The third-order valence-corrected chi connectivity index (χ3v) is 4.82. The number of hydrogen-bond donors (Lipinski definition) is 3. The number of nitrogen functional groups attached to an aromatic ring is 1. The molecule has 0 bridgehead atoms. The molecule has 0 aliphatic heterocycles. The van der Waals surface area contributed by atoms with Gasteiger partial charge < -0.3 is 16.7 Å². The van der Waals surface area contributed by atoms with Gasteiger partial charge in [0, 0.05) is 21.7 Å². The van der Waals surface area contributed by atoms with Gasteiger partial charge >= 0.3 is 0 Å². The van der Waals surface area contributed by atoms with Crippen molar-refractivity contribution < 1.29 is 5.21 Å². The fourth-order valence-corrected chi connectivity index (χ4v) is 3.38. The van der Waals surface area contributed by atoms with Crippen molar-refractivity contribution in [1.29, 1.82) is 0 Å². The normalized spacial score (nSPS) is 15.3. The third kappa shape index (κ3) is 3.13. The van der Waals surface area contributed by atoms with E-state index in [2.05, 4.69) is 15.2 Å². The monoisotopic (exact) mass is 380 g/mol. The van der Waals surface area contributed by atoms with Crippen LogP contribution >= 0.6 is 11.6 Å². The molecule has 0 atom stereocenters. The van der Waals surface area contributed by atoms with Crippen molar-refractivity contribution in [2.45, 2.75) is 12.8 Å². The number of benzene rings is 2. The molecule has 0 saturated heterocycles. The van der Waals surface area contributed by atoms with Gasteiger partial charge in [-0.05, 0) is 30.5 Å². The summed E-state index contributed by atoms with van der Waals surface area (Å²) in [4.78, 5) is 4.39. The molecule has 2 aromatic carbocycles. The van der Waals surface area contributed by atoms with E-state index >= 15 is 0 Å². The Morgan fingerprint density at radius 1 is 1.15 bits per heavy atom. The first-order valence-electron chi connectivity index (χ1n) is 8.35. The molecule has 7 nitrogen and oxygen atoms in total. The van der Waals surface area contributed by atoms with E-state index in [1.807, 2.05) is 30.3 Å². The fourth-order valence-electron chi connectivity index (χ4n) is 3.26. The standard InChI is InChI=1S/C19H17ClN6O/c20-12-6-4-11(5-7-12)17-10-26(19(22)23-17)24-16-9-8-13-14(16)2-1-3-15(13)18(21)25-27/h1-7,10,27H,8-9H2,(H2,21,25)(H2,22,23). The molecule has 0 radical (unpaired) electrons. The molecular formula is C19H17ClN6O. The Bertz CT molecular complexity index is 1070. The van der Waals surface area contributed by atoms with E-state index in [-0.39, 0.29) is 5.84 Å². The molecule has 5 N–H and O–H groups in total. The van der Waals surface area contributed by atoms with Crippen LogP contribution in [0.5, 0.6) is 0 Å². The lowest BCUT2D eigenvalue weighted by Gasteiger charge is -2.06. The number of aromatic nitrogens is 2. The number of hydrogen-bond acceptors (Lipinski definition) is 5. The summed E-state index contributed by atoms with van der Waals surface area (Å²) in [6.07, 6.45) is 3.29. The summed E-state index contributed by atoms with van der Waals surface area (Å²) in [5.74, 6) is 0.397. The number of fused-ring (bicyclic) bond motifs is 1. The second-order valence-electron chi connectivity index (χ2n) is 6.20. The SMILES string of the molecule is NC(=NO)c1cccc2c1CCC2=Nn1cc(-c2ccc(Cl)cc2)nc1N. The van der Waals surface area contributed by atoms with Crippen LogP contribution < -0.4 is 11.5 Å². The van der Waals surface area contributed by atoms with Crippen LogP contribution in [0.1, 0.15) is 23.1 Å². The minimum atomic E-state index is 0.0975. The second kappa shape index (κ2) is 6.77. The Morgan fingerprint density at radius 2 is 1.93 bits per heavy atom. The lowest BCUT2D eigenvalue weighted by Crippen LogP contribution is -2.15. The molecule has 8 heteroatoms. The van der Waals surface area contributed by atoms with Crippen molar-refractivity contribution in [3.8, 4) is 11.3 Å². The number of nitrogens with zero attached hydrogens (tertiary/aromatic N) is 4. The Kier molecular flexibility index (Phi) is 4.29. The van der Waals surface area contributed by atoms with Crippen molar-refractivity contribution in [3.05, 3.63) is 70.4 Å². The van der Waals surface area contributed by atoms with Gasteiger partial charge in [-0.25, -0.2) is 9.66 Å². The lowest BCUT2D eigenvalue weighted by atomic mass is 10.0. The molecule has 0 amide bonds. The minimum absolute atomic E-state index is 0.0975. The smallest absolute Gasteiger partial charge is 0.221 e. The summed E-state index contributed by atoms with van der Waals surface area (Å²) in [7, 11) is 0. The zero-order chi connectivity index (χ0) is 19.0. The Labute approximate surface area is 160 Å². The Balaban J connectivity index is 1.72. The van der Waals surface area contributed by atoms with Gasteiger partial charge in [-0.3, -0.25) is 0 Å². The predicted molar refractivity (Wildman–Crippen MR) is 106 cm³/mol. The largest absolute Gasteiger partial charge is 0.409 e. The van der Waals surface area contributed by atoms with E-state index in [1.54, 1.807) is 23.0 Å². The van der Waals surface area contributed by atoms with Crippen molar-refractivity contribution in [2.24, 2.45) is 16.0 Å². The van der Waals surface area contributed by atoms with E-state index in [1.165, 1.54) is 0 Å². The van der Waals surface area contributed by atoms with Crippen LogP contribution in [0.4, 0.5) is 5.95 Å². The molecule has 0 fully saturated rings. The summed E-state index contributed by atoms with van der Waals surface area (Å²) >= 11 is 5.94. The van der Waals surface area contributed by atoms with Gasteiger partial charge in [0.05, 0.1) is 17.6 Å². The van der Waals surface area contributed by atoms with Crippen molar-refractivity contribution in [2.75, 3.05) is 5.73 Å². The molecule has 0 spiro atoms. The summed E-state index contributed by atoms with van der Waals surface area (Å²) < 4.78 is 1.57. The molecule has 1 aliphatic carbocycles. The first-order valence-corrected chi connectivity index (χ1v) is 8.73. The number of halogens is 1. The van der Waals surface area contributed by atoms with E-state index < -0.39 is 0 Å². The number of nitrogens with two attached hydrogens (primary N) is 2. The highest BCUT2D eigenvalue weighted by Gasteiger charge is 2.22. The summed E-state index contributed by atoms with van der Waals surface area (Å²) in [6, 6.07) is 13.1. The van der Waals surface area contributed by atoms with Crippen LogP contribution in [0.15, 0.2) is 58.9 Å². The highest BCUT2D eigenvalue weighted by molar-refractivity contribution is 6.30. The van der Waals surface area contributed by atoms with Crippen LogP contribution in [-0.4, -0.2) is 26.4 Å². The Morgan fingerprint density at radius 3 is 2.67 bits per heavy atom. The minimum Gasteiger partial charge on any atom is -0.409 e. The van der Waals surface area contributed by atoms with Gasteiger partial charge in [-0.15, -0.1) is 0 Å². The number of amidine groups is 1. The molecule has 0 unspecified atom stereocenters. The maximum absolute atomic E-state index is 8.98. The fraction of sp³-hybridized carbons (Fsp3) is 0.105. The van der Waals surface area contributed by atoms with E-state index in [0.29, 0.717) is 11.0 Å². The molecule has 27 heavy (non-hydrogen) atoms. The van der Waals surface area contributed by atoms with Gasteiger partial charge in [0.2, 0.25) is 5.95 Å². The average Bonchev–Trinajstić information content (AvgIpc) is 3.26. The highest BCUT2D eigenvalue weighted by atomic mass is 35.5. The van der Waals surface area contributed by atoms with Gasteiger partial charge in [-0.1, -0.05) is 47.1 Å². The number of imidazole rings is 1. The first kappa shape index (κ1) is 17.1. The highest BCUT2D eigenvalue weighted by Crippen LogP contribution is 2.27. The Hall–Kier alpha value is -3.32. The molecular weight excluding hydrogens is 364 g/mol. The zero-order valence-corrected chi connectivity index (χ0v) is 15.1. The van der Waals surface area contributed by atoms with Crippen molar-refractivity contribution in [3.63, 3.8) is 0 Å². The quantitative estimate of drug-likeness (QED) is 0.280. The number of oxime groups is 1. The first-order chi connectivity index (χ1) is 13.1. The summed E-state index contributed by atoms with van der Waals surface area (Å²) in [5.41, 5.74) is 17.1. The maximum Gasteiger partial charge on any atom is 0.221 e. The number of anilines is 1. The van der Waals surface area contributed by atoms with Crippen LogP contribution in [0.2, 0.25) is 5.02 Å². The average molecular weight is 381 g/mol. The topological polar surface area (TPSA) is 115 Å². The van der Waals surface area contributed by atoms with Gasteiger partial charge in [0.15, 0.2) is 5.84 Å². The number of rotatable bonds is 3. The molecule has 1 aliphatic rings. The maximum atomic E-state index is 8.98. The van der Waals surface area contributed by atoms with Gasteiger partial charge in [0.25, 0.3) is 0 Å². The third-order valence-electron chi connectivity index (χ3n) is 4.57. The van der Waals surface area contributed by atoms with Crippen LogP contribution in [0.25, 0.3) is 11.3 Å². The molecule has 4 rings (SSSR count). The lowest BCUT2D eigenvalue weighted by molar-refractivity contribution is 0.318. The second-order valence-corrected chi connectivity index (χ2v) is 6.64. The van der Waals surface area contributed by atoms with Crippen LogP contribution in [0, 0.1) is 0 Å². The van der Waals surface area contributed by atoms with E-state index in [0.717, 1.165) is 46.5 Å². The molecule has 136 valence electrons. The van der Waals surface area contributed by atoms with Gasteiger partial charge in [-0.2, -0.15) is 5.10 Å². The van der Waals surface area contributed by atoms with E-state index in [4.69, 9.17) is 28.3 Å². The predicted octanol–water partition coefficient (Wildman–Crippen LogP) is 3.08. The summed E-state index contributed by atoms with van der Waals surface area (Å²) in [5, 5.41) is 17.4. The molecule has 1 heterocycles. The van der Waals surface area contributed by atoms with Crippen LogP contribution in [-0.2, 0) is 6.42 Å². The van der Waals surface area contributed by atoms with Gasteiger partial charge in [0.1, 0.15) is 0 Å². The van der Waals surface area contributed by atoms with E-state index in [9.17, 15) is 0 Å². The van der Waals surface area contributed by atoms with Crippen LogP contribution in [0.3, 0.4) is 0 Å². The molecule has 1 aromatic heterocycles. The molecule has 3 aromatic rings.